The summed E-state index contributed by atoms with van der Waals surface area (Å²) in [5.41, 5.74) is 0.608. The Labute approximate surface area is 224 Å². The van der Waals surface area contributed by atoms with Crippen molar-refractivity contribution in [2.45, 2.75) is 38.6 Å². The first-order valence-electron chi connectivity index (χ1n) is 13.2. The van der Waals surface area contributed by atoms with Crippen LogP contribution in [0.25, 0.3) is 0 Å². The number of likely N-dealkylation sites (tertiary alicyclic amines) is 1. The van der Waals surface area contributed by atoms with Gasteiger partial charge in [0.1, 0.15) is 23.6 Å². The van der Waals surface area contributed by atoms with Crippen LogP contribution in [-0.4, -0.2) is 80.1 Å². The van der Waals surface area contributed by atoms with Gasteiger partial charge in [0.2, 0.25) is 5.91 Å². The van der Waals surface area contributed by atoms with Crippen LogP contribution in [0.1, 0.15) is 43.5 Å². The van der Waals surface area contributed by atoms with Crippen molar-refractivity contribution < 1.29 is 23.9 Å². The number of nitrogens with one attached hydrogen (secondary N) is 1. The van der Waals surface area contributed by atoms with Gasteiger partial charge in [0.25, 0.3) is 11.8 Å². The molecule has 0 saturated carbocycles. The summed E-state index contributed by atoms with van der Waals surface area (Å²) in [7, 11) is 3.10. The van der Waals surface area contributed by atoms with E-state index in [9.17, 15) is 14.4 Å². The molecule has 2 aliphatic rings. The van der Waals surface area contributed by atoms with Crippen molar-refractivity contribution in [1.82, 2.24) is 15.1 Å². The summed E-state index contributed by atoms with van der Waals surface area (Å²) in [6.45, 7) is 5.96. The minimum Gasteiger partial charge on any atom is -0.497 e. The number of amides is 3. The van der Waals surface area contributed by atoms with Gasteiger partial charge < -0.3 is 29.5 Å². The van der Waals surface area contributed by atoms with Crippen LogP contribution in [0.4, 0.5) is 5.69 Å². The number of benzene rings is 2. The third kappa shape index (κ3) is 5.56. The van der Waals surface area contributed by atoms with Crippen molar-refractivity contribution in [2.24, 2.45) is 5.92 Å². The topological polar surface area (TPSA) is 91.4 Å². The maximum Gasteiger partial charge on any atom is 0.254 e. The van der Waals surface area contributed by atoms with Crippen molar-refractivity contribution in [3.8, 4) is 11.5 Å². The average molecular weight is 523 g/mol. The van der Waals surface area contributed by atoms with Gasteiger partial charge in [0, 0.05) is 37.0 Å². The van der Waals surface area contributed by atoms with E-state index < -0.39 is 5.54 Å². The monoisotopic (exact) mass is 522 g/mol. The molecule has 3 amide bonds. The van der Waals surface area contributed by atoms with E-state index in [0.29, 0.717) is 62.1 Å². The molecular formula is C29H38N4O5. The zero-order valence-corrected chi connectivity index (χ0v) is 22.7. The molecule has 0 radical (unpaired) electrons. The van der Waals surface area contributed by atoms with Gasteiger partial charge >= 0.3 is 0 Å². The van der Waals surface area contributed by atoms with Crippen LogP contribution in [0, 0.1) is 5.92 Å². The molecule has 9 heteroatoms. The Balaban J connectivity index is 1.52. The Hall–Kier alpha value is -3.75. The molecule has 2 aliphatic heterocycles. The largest absolute Gasteiger partial charge is 0.497 e. The van der Waals surface area contributed by atoms with E-state index in [-0.39, 0.29) is 24.3 Å². The standard InChI is InChI=1S/C29H38N4O5/c1-5-21(2)18-30-26(34)19-32-20-33(23-9-7-6-8-10-23)29(28(32)36)11-13-31(14-12-29)27(35)22-15-24(37-3)17-25(16-22)38-4/h6-10,15-17,21H,5,11-14,18-20H2,1-4H3,(H,30,34). The van der Waals surface area contributed by atoms with E-state index in [4.69, 9.17) is 9.47 Å². The smallest absolute Gasteiger partial charge is 0.254 e. The first-order valence-corrected chi connectivity index (χ1v) is 13.2. The Morgan fingerprint density at radius 2 is 1.66 bits per heavy atom. The molecule has 38 heavy (non-hydrogen) atoms. The molecule has 1 atom stereocenters. The number of para-hydroxylation sites is 1. The minimum absolute atomic E-state index is 0.0204. The van der Waals surface area contributed by atoms with Crippen molar-refractivity contribution in [3.63, 3.8) is 0 Å². The molecule has 2 saturated heterocycles. The molecule has 1 spiro atoms. The van der Waals surface area contributed by atoms with Crippen molar-refractivity contribution in [2.75, 3.05) is 52.0 Å². The van der Waals surface area contributed by atoms with Gasteiger partial charge in [-0.1, -0.05) is 38.5 Å². The number of ether oxygens (including phenoxy) is 2. The highest BCUT2D eigenvalue weighted by Gasteiger charge is 2.54. The lowest BCUT2D eigenvalue weighted by Crippen LogP contribution is -2.57. The summed E-state index contributed by atoms with van der Waals surface area (Å²) in [6.07, 6.45) is 1.92. The van der Waals surface area contributed by atoms with E-state index in [1.165, 1.54) is 0 Å². The Morgan fingerprint density at radius 1 is 1.03 bits per heavy atom. The number of hydrogen-bond donors (Lipinski definition) is 1. The molecule has 1 N–H and O–H groups in total. The molecule has 2 aromatic rings. The van der Waals surface area contributed by atoms with E-state index >= 15 is 0 Å². The van der Waals surface area contributed by atoms with Gasteiger partial charge in [-0.05, 0) is 43.0 Å². The Bertz CT molecular complexity index is 1120. The van der Waals surface area contributed by atoms with Gasteiger partial charge in [-0.2, -0.15) is 0 Å². The van der Waals surface area contributed by atoms with Gasteiger partial charge in [-0.3, -0.25) is 14.4 Å². The number of nitrogens with zero attached hydrogens (tertiary/aromatic N) is 3. The maximum absolute atomic E-state index is 13.9. The predicted octanol–water partition coefficient (Wildman–Crippen LogP) is 3.15. The second kappa shape index (κ2) is 11.8. The van der Waals surface area contributed by atoms with Crippen LogP contribution in [0.2, 0.25) is 0 Å². The van der Waals surface area contributed by atoms with E-state index in [2.05, 4.69) is 24.1 Å². The number of methoxy groups -OCH3 is 2. The minimum atomic E-state index is -0.804. The molecule has 0 bridgehead atoms. The molecule has 9 nitrogen and oxygen atoms in total. The quantitative estimate of drug-likeness (QED) is 0.544. The molecule has 2 heterocycles. The molecule has 0 aliphatic carbocycles. The van der Waals surface area contributed by atoms with Crippen LogP contribution in [0.5, 0.6) is 11.5 Å². The summed E-state index contributed by atoms with van der Waals surface area (Å²) < 4.78 is 10.7. The highest BCUT2D eigenvalue weighted by atomic mass is 16.5. The molecule has 0 aromatic heterocycles. The highest BCUT2D eigenvalue weighted by molar-refractivity contribution is 5.98. The lowest BCUT2D eigenvalue weighted by molar-refractivity contribution is -0.137. The van der Waals surface area contributed by atoms with Crippen LogP contribution in [0.15, 0.2) is 48.5 Å². The fraction of sp³-hybridized carbons (Fsp3) is 0.483. The van der Waals surface area contributed by atoms with Gasteiger partial charge in [-0.25, -0.2) is 0 Å². The van der Waals surface area contributed by atoms with Crippen LogP contribution >= 0.6 is 0 Å². The van der Waals surface area contributed by atoms with E-state index in [1.807, 2.05) is 30.3 Å². The van der Waals surface area contributed by atoms with Crippen molar-refractivity contribution in [3.05, 3.63) is 54.1 Å². The number of carbonyl (C=O) groups excluding carboxylic acids is 3. The number of carbonyl (C=O) groups is 3. The lowest BCUT2D eigenvalue weighted by Gasteiger charge is -2.43. The third-order valence-electron chi connectivity index (χ3n) is 7.74. The van der Waals surface area contributed by atoms with Gasteiger partial charge in [-0.15, -0.1) is 0 Å². The molecular weight excluding hydrogens is 484 g/mol. The second-order valence-electron chi connectivity index (χ2n) is 10.2. The molecule has 4 rings (SSSR count). The predicted molar refractivity (Wildman–Crippen MR) is 145 cm³/mol. The second-order valence-corrected chi connectivity index (χ2v) is 10.2. The molecule has 204 valence electrons. The molecule has 2 fully saturated rings. The normalized spacial score (nSPS) is 17.5. The third-order valence-corrected chi connectivity index (χ3v) is 7.74. The van der Waals surface area contributed by atoms with E-state index in [0.717, 1.165) is 12.1 Å². The summed E-state index contributed by atoms with van der Waals surface area (Å²) in [6, 6.07) is 14.9. The van der Waals surface area contributed by atoms with Crippen LogP contribution in [0.3, 0.4) is 0 Å². The summed E-state index contributed by atoms with van der Waals surface area (Å²) >= 11 is 0. The first-order chi connectivity index (χ1) is 18.3. The number of anilines is 1. The van der Waals surface area contributed by atoms with Gasteiger partial charge in [0.05, 0.1) is 20.9 Å². The molecule has 1 unspecified atom stereocenters. The fourth-order valence-electron chi connectivity index (χ4n) is 5.18. The van der Waals surface area contributed by atoms with Crippen LogP contribution in [-0.2, 0) is 9.59 Å². The summed E-state index contributed by atoms with van der Waals surface area (Å²) in [5, 5.41) is 2.96. The average Bonchev–Trinajstić information content (AvgIpc) is 3.21. The maximum atomic E-state index is 13.9. The SMILES string of the molecule is CCC(C)CNC(=O)CN1CN(c2ccccc2)C2(CCN(C(=O)c3cc(OC)cc(OC)c3)CC2)C1=O. The highest BCUT2D eigenvalue weighted by Crippen LogP contribution is 2.40. The number of rotatable bonds is 9. The number of piperidine rings is 1. The lowest BCUT2D eigenvalue weighted by atomic mass is 9.85. The zero-order valence-electron chi connectivity index (χ0n) is 22.7. The Kier molecular flexibility index (Phi) is 8.44. The fourth-order valence-corrected chi connectivity index (χ4v) is 5.18. The van der Waals surface area contributed by atoms with Gasteiger partial charge in [0.15, 0.2) is 0 Å². The van der Waals surface area contributed by atoms with Crippen molar-refractivity contribution in [1.29, 1.82) is 0 Å². The molecule has 2 aromatic carbocycles. The summed E-state index contributed by atoms with van der Waals surface area (Å²) in [4.78, 5) is 45.5. The van der Waals surface area contributed by atoms with Crippen molar-refractivity contribution >= 4 is 23.4 Å². The van der Waals surface area contributed by atoms with Crippen LogP contribution < -0.4 is 19.7 Å². The zero-order chi connectivity index (χ0) is 27.3. The summed E-state index contributed by atoms with van der Waals surface area (Å²) in [5.74, 6) is 1.13. The Morgan fingerprint density at radius 3 is 2.24 bits per heavy atom. The van der Waals surface area contributed by atoms with E-state index in [1.54, 1.807) is 42.2 Å². The first kappa shape index (κ1) is 27.3. The number of hydrogen-bond acceptors (Lipinski definition) is 6.